The third-order valence-corrected chi connectivity index (χ3v) is 4.89. The lowest BCUT2D eigenvalue weighted by Crippen LogP contribution is -2.17. The van der Waals surface area contributed by atoms with Gasteiger partial charge in [0.25, 0.3) is 11.8 Å². The number of halogens is 3. The molecule has 0 unspecified atom stereocenters. The van der Waals surface area contributed by atoms with Gasteiger partial charge >= 0.3 is 0 Å². The Hall–Kier alpha value is -2.90. The maximum Gasteiger partial charge on any atom is 0.259 e. The van der Waals surface area contributed by atoms with Gasteiger partial charge in [-0.3, -0.25) is 9.59 Å². The Labute approximate surface area is 192 Å². The minimum Gasteiger partial charge on any atom is -0.490 e. The number of benzene rings is 3. The molecule has 0 aliphatic rings. The van der Waals surface area contributed by atoms with Crippen LogP contribution in [0.4, 0.5) is 15.8 Å². The summed E-state index contributed by atoms with van der Waals surface area (Å²) in [6.45, 7) is 3.75. The molecular weight excluding hydrogens is 487 g/mol. The van der Waals surface area contributed by atoms with Crippen LogP contribution >= 0.6 is 27.5 Å². The summed E-state index contributed by atoms with van der Waals surface area (Å²) in [6, 6.07) is 15.5. The molecule has 3 aromatic rings. The van der Waals surface area contributed by atoms with E-state index in [0.717, 1.165) is 4.47 Å². The van der Waals surface area contributed by atoms with E-state index in [-0.39, 0.29) is 17.0 Å². The predicted octanol–water partition coefficient (Wildman–Crippen LogP) is 6.53. The van der Waals surface area contributed by atoms with Crippen molar-refractivity contribution >= 4 is 50.7 Å². The zero-order chi connectivity index (χ0) is 22.5. The molecule has 2 N–H and O–H groups in total. The fourth-order valence-electron chi connectivity index (χ4n) is 2.75. The molecule has 0 fully saturated rings. The van der Waals surface area contributed by atoms with Gasteiger partial charge in [0.1, 0.15) is 11.6 Å². The summed E-state index contributed by atoms with van der Waals surface area (Å²) in [4.78, 5) is 25.4. The number of nitrogens with one attached hydrogen (secondary N) is 2. The Kier molecular flexibility index (Phi) is 7.30. The quantitative estimate of drug-likeness (QED) is 0.400. The first kappa shape index (κ1) is 22.8. The average molecular weight is 506 g/mol. The maximum absolute atomic E-state index is 13.3. The monoisotopic (exact) mass is 504 g/mol. The summed E-state index contributed by atoms with van der Waals surface area (Å²) in [5, 5.41) is 5.34. The number of hydrogen-bond donors (Lipinski definition) is 2. The lowest BCUT2D eigenvalue weighted by atomic mass is 10.1. The predicted molar refractivity (Wildman–Crippen MR) is 124 cm³/mol. The molecule has 160 valence electrons. The van der Waals surface area contributed by atoms with Crippen LogP contribution in [0.2, 0.25) is 5.02 Å². The number of amides is 2. The van der Waals surface area contributed by atoms with Gasteiger partial charge in [0.05, 0.1) is 16.7 Å². The minimum atomic E-state index is -0.572. The van der Waals surface area contributed by atoms with Crippen LogP contribution < -0.4 is 15.4 Å². The Balaban J connectivity index is 1.77. The van der Waals surface area contributed by atoms with Crippen molar-refractivity contribution in [2.45, 2.75) is 20.0 Å². The summed E-state index contributed by atoms with van der Waals surface area (Å²) in [6.07, 6.45) is -0.0975. The van der Waals surface area contributed by atoms with Crippen molar-refractivity contribution in [3.63, 3.8) is 0 Å². The first-order valence-corrected chi connectivity index (χ1v) is 10.5. The third kappa shape index (κ3) is 6.06. The summed E-state index contributed by atoms with van der Waals surface area (Å²) >= 11 is 9.12. The third-order valence-electron chi connectivity index (χ3n) is 4.11. The van der Waals surface area contributed by atoms with Crippen molar-refractivity contribution in [2.24, 2.45) is 0 Å². The molecule has 0 spiro atoms. The van der Waals surface area contributed by atoms with Crippen LogP contribution in [0, 0.1) is 5.82 Å². The Morgan fingerprint density at radius 2 is 1.68 bits per heavy atom. The molecule has 0 radical (unpaired) electrons. The minimum absolute atomic E-state index is 0.0905. The highest BCUT2D eigenvalue weighted by Gasteiger charge is 2.16. The van der Waals surface area contributed by atoms with Crippen LogP contribution in [-0.4, -0.2) is 17.9 Å². The molecule has 3 aromatic carbocycles. The van der Waals surface area contributed by atoms with E-state index >= 15 is 0 Å². The molecule has 0 saturated carbocycles. The van der Waals surface area contributed by atoms with E-state index in [4.69, 9.17) is 16.3 Å². The number of carbonyl (C=O) groups excluding carboxylic acids is 2. The molecule has 5 nitrogen and oxygen atoms in total. The van der Waals surface area contributed by atoms with Crippen LogP contribution in [0.1, 0.15) is 34.6 Å². The van der Waals surface area contributed by atoms with Gasteiger partial charge in [-0.25, -0.2) is 4.39 Å². The van der Waals surface area contributed by atoms with Crippen LogP contribution in [-0.2, 0) is 0 Å². The molecule has 2 amide bonds. The van der Waals surface area contributed by atoms with Gasteiger partial charge in [-0.05, 0) is 68.4 Å². The Morgan fingerprint density at radius 1 is 0.968 bits per heavy atom. The highest BCUT2D eigenvalue weighted by molar-refractivity contribution is 9.10. The van der Waals surface area contributed by atoms with Crippen LogP contribution in [0.5, 0.6) is 5.75 Å². The lowest BCUT2D eigenvalue weighted by Gasteiger charge is -2.15. The van der Waals surface area contributed by atoms with Gasteiger partial charge in [0.2, 0.25) is 0 Å². The molecule has 8 heteroatoms. The number of rotatable bonds is 6. The highest BCUT2D eigenvalue weighted by Crippen LogP contribution is 2.26. The Bertz CT molecular complexity index is 1140. The fourth-order valence-corrected chi connectivity index (χ4v) is 3.29. The standard InChI is InChI=1S/C23H19BrClFN2O3/c1-13(2)31-21-9-6-15(24)11-18(21)23(30)28-16-5-3-4-14(10-16)22(29)27-17-7-8-20(26)19(25)12-17/h3-13H,1-2H3,(H,27,29)(H,28,30). The number of carbonyl (C=O) groups is 2. The first-order valence-electron chi connectivity index (χ1n) is 9.37. The second-order valence-electron chi connectivity index (χ2n) is 6.93. The van der Waals surface area contributed by atoms with E-state index in [1.54, 1.807) is 42.5 Å². The van der Waals surface area contributed by atoms with Gasteiger partial charge < -0.3 is 15.4 Å². The molecule has 0 bridgehead atoms. The molecule has 0 aliphatic heterocycles. The number of ether oxygens (including phenoxy) is 1. The van der Waals surface area contributed by atoms with E-state index in [2.05, 4.69) is 26.6 Å². The number of hydrogen-bond acceptors (Lipinski definition) is 3. The van der Waals surface area contributed by atoms with E-state index in [0.29, 0.717) is 28.3 Å². The summed E-state index contributed by atoms with van der Waals surface area (Å²) in [5.41, 5.74) is 1.46. The topological polar surface area (TPSA) is 67.4 Å². The largest absolute Gasteiger partial charge is 0.490 e. The van der Waals surface area contributed by atoms with E-state index < -0.39 is 11.7 Å². The fraction of sp³-hybridized carbons (Fsp3) is 0.130. The molecule has 0 atom stereocenters. The Morgan fingerprint density at radius 3 is 2.39 bits per heavy atom. The van der Waals surface area contributed by atoms with Crippen LogP contribution in [0.3, 0.4) is 0 Å². The SMILES string of the molecule is CC(C)Oc1ccc(Br)cc1C(=O)Nc1cccc(C(=O)Nc2ccc(F)c(Cl)c2)c1. The van der Waals surface area contributed by atoms with E-state index in [1.807, 2.05) is 13.8 Å². The van der Waals surface area contributed by atoms with Crippen molar-refractivity contribution < 1.29 is 18.7 Å². The van der Waals surface area contributed by atoms with Gasteiger partial charge in [0.15, 0.2) is 0 Å². The van der Waals surface area contributed by atoms with Gasteiger partial charge in [-0.15, -0.1) is 0 Å². The number of anilines is 2. The van der Waals surface area contributed by atoms with Crippen molar-refractivity contribution in [3.05, 3.63) is 87.1 Å². The zero-order valence-corrected chi connectivity index (χ0v) is 19.1. The van der Waals surface area contributed by atoms with Gasteiger partial charge in [-0.1, -0.05) is 33.6 Å². The van der Waals surface area contributed by atoms with Crippen molar-refractivity contribution in [1.29, 1.82) is 0 Å². The van der Waals surface area contributed by atoms with Gasteiger partial charge in [0, 0.05) is 21.4 Å². The van der Waals surface area contributed by atoms with E-state index in [1.165, 1.54) is 18.2 Å². The van der Waals surface area contributed by atoms with Crippen LogP contribution in [0.15, 0.2) is 65.1 Å². The molecule has 0 saturated heterocycles. The molecular formula is C23H19BrClFN2O3. The first-order chi connectivity index (χ1) is 14.7. The second-order valence-corrected chi connectivity index (χ2v) is 8.25. The molecule has 0 aliphatic carbocycles. The highest BCUT2D eigenvalue weighted by atomic mass is 79.9. The van der Waals surface area contributed by atoms with Crippen molar-refractivity contribution in [3.8, 4) is 5.75 Å². The summed E-state index contributed by atoms with van der Waals surface area (Å²) < 4.78 is 19.8. The van der Waals surface area contributed by atoms with E-state index in [9.17, 15) is 14.0 Å². The van der Waals surface area contributed by atoms with Gasteiger partial charge in [-0.2, -0.15) is 0 Å². The normalized spacial score (nSPS) is 10.6. The van der Waals surface area contributed by atoms with Crippen molar-refractivity contribution in [2.75, 3.05) is 10.6 Å². The smallest absolute Gasteiger partial charge is 0.259 e. The average Bonchev–Trinajstić information content (AvgIpc) is 2.72. The summed E-state index contributed by atoms with van der Waals surface area (Å²) in [5.74, 6) is -0.916. The molecule has 3 rings (SSSR count). The maximum atomic E-state index is 13.3. The molecule has 31 heavy (non-hydrogen) atoms. The van der Waals surface area contributed by atoms with Crippen molar-refractivity contribution in [1.82, 2.24) is 0 Å². The van der Waals surface area contributed by atoms with Crippen LogP contribution in [0.25, 0.3) is 0 Å². The molecule has 0 heterocycles. The zero-order valence-electron chi connectivity index (χ0n) is 16.7. The second kappa shape index (κ2) is 9.94. The molecule has 0 aromatic heterocycles. The summed E-state index contributed by atoms with van der Waals surface area (Å²) in [7, 11) is 0. The lowest BCUT2D eigenvalue weighted by molar-refractivity contribution is 0.101.